The van der Waals surface area contributed by atoms with Gasteiger partial charge < -0.3 is 21.0 Å². The van der Waals surface area contributed by atoms with Gasteiger partial charge in [0.25, 0.3) is 11.8 Å². The number of oxime groups is 1. The highest BCUT2D eigenvalue weighted by Gasteiger charge is 2.39. The standard InChI is InChI=1S/C11H12N6O5S/c1-22-16-8(6-4-23-11(12)15-6)9(20)14-5-3-17(10(5)21)13-2-7(18)19/h2,4-5H,3H2,1H3,(H2,12,15)(H,14,20)(H,18,19)/b13-2?,16-8-/t5-/m0/s1. The summed E-state index contributed by atoms with van der Waals surface area (Å²) >= 11 is 1.13. The van der Waals surface area contributed by atoms with Crippen LogP contribution in [-0.4, -0.2) is 64.5 Å². The van der Waals surface area contributed by atoms with Gasteiger partial charge in [0.05, 0.1) is 6.54 Å². The van der Waals surface area contributed by atoms with Crippen LogP contribution >= 0.6 is 11.3 Å². The number of carbonyl (C=O) groups excluding carboxylic acids is 2. The molecule has 0 unspecified atom stereocenters. The molecule has 0 saturated carbocycles. The maximum Gasteiger partial charge on any atom is 0.348 e. The number of amides is 2. The Morgan fingerprint density at radius 1 is 1.65 bits per heavy atom. The Kier molecular flexibility index (Phi) is 4.85. The Hall–Kier alpha value is -3.02. The summed E-state index contributed by atoms with van der Waals surface area (Å²) in [7, 11) is 1.26. The van der Waals surface area contributed by atoms with E-state index in [2.05, 4.69) is 25.4 Å². The number of anilines is 1. The van der Waals surface area contributed by atoms with E-state index < -0.39 is 23.8 Å². The Balaban J connectivity index is 2.00. The van der Waals surface area contributed by atoms with Gasteiger partial charge in [0.1, 0.15) is 25.1 Å². The zero-order valence-electron chi connectivity index (χ0n) is 11.8. The number of carbonyl (C=O) groups is 3. The number of hydrazone groups is 1. The number of hydrogen-bond acceptors (Lipinski definition) is 9. The van der Waals surface area contributed by atoms with Gasteiger partial charge in [-0.3, -0.25) is 9.59 Å². The lowest BCUT2D eigenvalue weighted by Gasteiger charge is -2.34. The number of nitrogens with two attached hydrogens (primary N) is 1. The summed E-state index contributed by atoms with van der Waals surface area (Å²) in [5.41, 5.74) is 5.60. The third kappa shape index (κ3) is 3.79. The fraction of sp³-hybridized carbons (Fsp3) is 0.273. The first kappa shape index (κ1) is 16.4. The molecule has 12 heteroatoms. The number of aliphatic carboxylic acids is 1. The maximum atomic E-state index is 12.2. The number of nitrogens with one attached hydrogen (secondary N) is 1. The van der Waals surface area contributed by atoms with Crippen LogP contribution in [0.4, 0.5) is 5.13 Å². The third-order valence-corrected chi connectivity index (χ3v) is 3.36. The molecule has 1 fully saturated rings. The topological polar surface area (TPSA) is 160 Å². The minimum atomic E-state index is -1.28. The molecule has 1 aliphatic heterocycles. The summed E-state index contributed by atoms with van der Waals surface area (Å²) in [4.78, 5) is 42.7. The molecule has 122 valence electrons. The molecule has 0 bridgehead atoms. The number of carboxylic acids is 1. The molecule has 11 nitrogen and oxygen atoms in total. The van der Waals surface area contributed by atoms with Crippen molar-refractivity contribution in [2.75, 3.05) is 19.4 Å². The first-order valence-electron chi connectivity index (χ1n) is 6.14. The number of nitrogen functional groups attached to an aromatic ring is 1. The van der Waals surface area contributed by atoms with Gasteiger partial charge >= 0.3 is 5.97 Å². The van der Waals surface area contributed by atoms with Crippen molar-refractivity contribution in [3.8, 4) is 0 Å². The van der Waals surface area contributed by atoms with Crippen molar-refractivity contribution in [3.05, 3.63) is 11.1 Å². The second kappa shape index (κ2) is 6.83. The van der Waals surface area contributed by atoms with Crippen LogP contribution in [0.25, 0.3) is 0 Å². The van der Waals surface area contributed by atoms with E-state index in [9.17, 15) is 14.4 Å². The lowest BCUT2D eigenvalue weighted by Crippen LogP contribution is -2.62. The van der Waals surface area contributed by atoms with E-state index in [0.717, 1.165) is 16.3 Å². The van der Waals surface area contributed by atoms with Gasteiger partial charge in [-0.25, -0.2) is 14.8 Å². The van der Waals surface area contributed by atoms with E-state index in [0.29, 0.717) is 6.21 Å². The summed E-state index contributed by atoms with van der Waals surface area (Å²) in [5, 5.41) is 20.6. The van der Waals surface area contributed by atoms with E-state index in [1.165, 1.54) is 12.5 Å². The predicted octanol–water partition coefficient (Wildman–Crippen LogP) is -1.53. The summed E-state index contributed by atoms with van der Waals surface area (Å²) in [5.74, 6) is -2.48. The summed E-state index contributed by atoms with van der Waals surface area (Å²) < 4.78 is 0. The predicted molar refractivity (Wildman–Crippen MR) is 79.8 cm³/mol. The fourth-order valence-corrected chi connectivity index (χ4v) is 2.21. The van der Waals surface area contributed by atoms with Gasteiger partial charge in [-0.1, -0.05) is 5.16 Å². The fourth-order valence-electron chi connectivity index (χ4n) is 1.66. The Bertz CT molecular complexity index is 699. The lowest BCUT2D eigenvalue weighted by molar-refractivity contribution is -0.145. The summed E-state index contributed by atoms with van der Waals surface area (Å²) in [6, 6.07) is -0.827. The molecule has 0 aliphatic carbocycles. The Morgan fingerprint density at radius 3 is 2.91 bits per heavy atom. The van der Waals surface area contributed by atoms with Gasteiger partial charge in [0.15, 0.2) is 10.8 Å². The number of nitrogens with zero attached hydrogens (tertiary/aromatic N) is 4. The number of hydrogen-bond donors (Lipinski definition) is 3. The second-order valence-corrected chi connectivity index (χ2v) is 5.11. The lowest BCUT2D eigenvalue weighted by atomic mass is 10.1. The van der Waals surface area contributed by atoms with E-state index in [4.69, 9.17) is 10.8 Å². The second-order valence-electron chi connectivity index (χ2n) is 4.22. The van der Waals surface area contributed by atoms with Crippen molar-refractivity contribution in [1.82, 2.24) is 15.3 Å². The van der Waals surface area contributed by atoms with E-state index in [1.807, 2.05) is 0 Å². The molecule has 2 heterocycles. The molecule has 0 spiro atoms. The smallest absolute Gasteiger partial charge is 0.348 e. The van der Waals surface area contributed by atoms with Crippen LogP contribution in [0.3, 0.4) is 0 Å². The zero-order valence-corrected chi connectivity index (χ0v) is 12.6. The maximum absolute atomic E-state index is 12.2. The number of β-lactam (4-membered cyclic amide) rings is 1. The number of aromatic nitrogens is 1. The van der Waals surface area contributed by atoms with E-state index >= 15 is 0 Å². The van der Waals surface area contributed by atoms with Crippen LogP contribution in [0.1, 0.15) is 5.69 Å². The van der Waals surface area contributed by atoms with Crippen LogP contribution in [0, 0.1) is 0 Å². The molecule has 2 rings (SSSR count). The summed E-state index contributed by atoms with van der Waals surface area (Å²) in [6.07, 6.45) is 0.589. The van der Waals surface area contributed by atoms with Crippen LogP contribution in [-0.2, 0) is 19.2 Å². The van der Waals surface area contributed by atoms with Crippen molar-refractivity contribution in [2.24, 2.45) is 10.3 Å². The Labute approximate surface area is 133 Å². The normalized spacial score (nSPS) is 18.0. The molecule has 1 aromatic rings. The molecule has 1 aromatic heterocycles. The van der Waals surface area contributed by atoms with E-state index in [-0.39, 0.29) is 23.1 Å². The van der Waals surface area contributed by atoms with Gasteiger partial charge in [-0.2, -0.15) is 5.10 Å². The molecular weight excluding hydrogens is 328 g/mol. The van der Waals surface area contributed by atoms with Gasteiger partial charge in [-0.05, 0) is 0 Å². The largest absolute Gasteiger partial charge is 0.477 e. The molecule has 4 N–H and O–H groups in total. The molecule has 0 aromatic carbocycles. The molecule has 23 heavy (non-hydrogen) atoms. The number of rotatable bonds is 6. The first-order chi connectivity index (χ1) is 10.9. The molecular formula is C11H12N6O5S. The van der Waals surface area contributed by atoms with Gasteiger partial charge in [0.2, 0.25) is 0 Å². The monoisotopic (exact) mass is 340 g/mol. The molecule has 1 saturated heterocycles. The quantitative estimate of drug-likeness (QED) is 0.322. The molecule has 1 atom stereocenters. The number of carboxylic acid groups (broad SMARTS) is 1. The van der Waals surface area contributed by atoms with Crippen LogP contribution in [0.2, 0.25) is 0 Å². The minimum absolute atomic E-state index is 0.0494. The average Bonchev–Trinajstić information content (AvgIpc) is 2.92. The van der Waals surface area contributed by atoms with Crippen LogP contribution < -0.4 is 11.1 Å². The van der Waals surface area contributed by atoms with Crippen LogP contribution in [0.5, 0.6) is 0 Å². The molecule has 0 radical (unpaired) electrons. The highest BCUT2D eigenvalue weighted by Crippen LogP contribution is 2.14. The highest BCUT2D eigenvalue weighted by molar-refractivity contribution is 7.13. The minimum Gasteiger partial charge on any atom is -0.477 e. The summed E-state index contributed by atoms with van der Waals surface area (Å²) in [6.45, 7) is 0.0494. The number of thiazole rings is 1. The van der Waals surface area contributed by atoms with Crippen molar-refractivity contribution in [1.29, 1.82) is 0 Å². The van der Waals surface area contributed by atoms with Crippen molar-refractivity contribution >= 4 is 46.2 Å². The first-order valence-corrected chi connectivity index (χ1v) is 7.02. The Morgan fingerprint density at radius 2 is 2.39 bits per heavy atom. The third-order valence-electron chi connectivity index (χ3n) is 2.68. The van der Waals surface area contributed by atoms with Crippen molar-refractivity contribution in [2.45, 2.75) is 6.04 Å². The SMILES string of the molecule is CO/N=C(\C(=O)N[C@H]1CN(N=CC(=O)O)C1=O)c1csc(N)n1. The zero-order chi connectivity index (χ0) is 17.0. The van der Waals surface area contributed by atoms with Gasteiger partial charge in [-0.15, -0.1) is 11.3 Å². The molecule has 2 amide bonds. The van der Waals surface area contributed by atoms with Crippen LogP contribution in [0.15, 0.2) is 15.6 Å². The van der Waals surface area contributed by atoms with Gasteiger partial charge in [0, 0.05) is 5.38 Å². The van der Waals surface area contributed by atoms with Crippen molar-refractivity contribution in [3.63, 3.8) is 0 Å². The highest BCUT2D eigenvalue weighted by atomic mass is 32.1. The average molecular weight is 340 g/mol. The van der Waals surface area contributed by atoms with E-state index in [1.54, 1.807) is 0 Å². The van der Waals surface area contributed by atoms with Crippen molar-refractivity contribution < 1.29 is 24.3 Å². The molecule has 1 aliphatic rings.